The van der Waals surface area contributed by atoms with Crippen LogP contribution >= 0.6 is 11.6 Å². The molecule has 2 unspecified atom stereocenters. The van der Waals surface area contributed by atoms with E-state index >= 15 is 0 Å². The molecule has 184 valence electrons. The van der Waals surface area contributed by atoms with Crippen LogP contribution in [-0.4, -0.2) is 58.6 Å². The Morgan fingerprint density at radius 2 is 1.83 bits per heavy atom. The van der Waals surface area contributed by atoms with Crippen molar-refractivity contribution in [1.29, 1.82) is 0 Å². The SMILES string of the molecule is CNC(=O)[C@H]1[C@H]2C(=O)N([C@H](CO)c3ccccc3)C(C(=O)Nc3ccccc3Cl)C23CC[C@]1(C)O3. The molecular formula is C26H28ClN3O5. The quantitative estimate of drug-likeness (QED) is 0.568. The number of likely N-dealkylation sites (tertiary alicyclic amines) is 1. The molecule has 0 saturated carbocycles. The van der Waals surface area contributed by atoms with Gasteiger partial charge in [-0.3, -0.25) is 14.4 Å². The summed E-state index contributed by atoms with van der Waals surface area (Å²) in [6.45, 7) is 1.44. The number of anilines is 1. The van der Waals surface area contributed by atoms with E-state index < -0.39 is 47.6 Å². The molecule has 3 aliphatic heterocycles. The van der Waals surface area contributed by atoms with Gasteiger partial charge in [-0.25, -0.2) is 0 Å². The number of nitrogens with zero attached hydrogens (tertiary/aromatic N) is 1. The molecule has 2 aromatic rings. The van der Waals surface area contributed by atoms with Gasteiger partial charge in [-0.15, -0.1) is 0 Å². The van der Waals surface area contributed by atoms with E-state index in [1.807, 2.05) is 25.1 Å². The maximum Gasteiger partial charge on any atom is 0.250 e. The number of hydrogen-bond acceptors (Lipinski definition) is 5. The molecule has 8 nitrogen and oxygen atoms in total. The standard InChI is InChI=1S/C26H28ClN3O5/c1-25-12-13-26(35-25)20(19(25)22(32)28-2)24(34)30(18(14-31)15-8-4-3-5-9-15)21(26)23(33)29-17-11-7-6-10-16(17)27/h3-11,18-21,31H,12-14H2,1-2H3,(H,28,32)(H,29,33)/t18-,19-,20+,21?,25+,26?/m1/s1. The Hall–Kier alpha value is -2.94. The van der Waals surface area contributed by atoms with Crippen LogP contribution in [0.25, 0.3) is 0 Å². The number of fused-ring (bicyclic) bond motifs is 1. The minimum absolute atomic E-state index is 0.292. The number of nitrogens with one attached hydrogen (secondary N) is 2. The fourth-order valence-electron chi connectivity index (χ4n) is 6.35. The highest BCUT2D eigenvalue weighted by Crippen LogP contribution is 2.64. The van der Waals surface area contributed by atoms with E-state index in [0.29, 0.717) is 29.1 Å². The average molecular weight is 498 g/mol. The molecule has 3 saturated heterocycles. The highest BCUT2D eigenvalue weighted by atomic mass is 35.5. The fraction of sp³-hybridized carbons (Fsp3) is 0.423. The van der Waals surface area contributed by atoms with Gasteiger partial charge >= 0.3 is 0 Å². The first kappa shape index (κ1) is 23.8. The van der Waals surface area contributed by atoms with Crippen molar-refractivity contribution in [3.8, 4) is 0 Å². The zero-order chi connectivity index (χ0) is 25.0. The molecule has 3 N–H and O–H groups in total. The molecular weight excluding hydrogens is 470 g/mol. The van der Waals surface area contributed by atoms with Crippen LogP contribution in [0.1, 0.15) is 31.4 Å². The lowest BCUT2D eigenvalue weighted by Gasteiger charge is -2.37. The Bertz CT molecular complexity index is 1180. The molecule has 0 aliphatic carbocycles. The Morgan fingerprint density at radius 3 is 2.49 bits per heavy atom. The Labute approximate surface area is 208 Å². The highest BCUT2D eigenvalue weighted by Gasteiger charge is 2.78. The van der Waals surface area contributed by atoms with Crippen LogP contribution in [-0.2, 0) is 19.1 Å². The van der Waals surface area contributed by atoms with Gasteiger partial charge in [0.2, 0.25) is 17.7 Å². The maximum atomic E-state index is 14.1. The first-order valence-electron chi connectivity index (χ1n) is 11.7. The second kappa shape index (κ2) is 8.62. The maximum absolute atomic E-state index is 14.1. The molecule has 5 rings (SSSR count). The third-order valence-corrected chi connectivity index (χ3v) is 8.15. The highest BCUT2D eigenvalue weighted by molar-refractivity contribution is 6.33. The molecule has 1 spiro atoms. The van der Waals surface area contributed by atoms with Gasteiger partial charge in [0.1, 0.15) is 11.6 Å². The van der Waals surface area contributed by atoms with Gasteiger partial charge in [0.25, 0.3) is 0 Å². The van der Waals surface area contributed by atoms with Crippen molar-refractivity contribution in [3.63, 3.8) is 0 Å². The van der Waals surface area contributed by atoms with Gasteiger partial charge in [0, 0.05) is 7.05 Å². The summed E-state index contributed by atoms with van der Waals surface area (Å²) in [5.41, 5.74) is -0.964. The van der Waals surface area contributed by atoms with Crippen LogP contribution in [0.2, 0.25) is 5.02 Å². The predicted molar refractivity (Wildman–Crippen MR) is 129 cm³/mol. The van der Waals surface area contributed by atoms with Gasteiger partial charge < -0.3 is 25.4 Å². The molecule has 3 amide bonds. The molecule has 3 aliphatic rings. The minimum atomic E-state index is -1.20. The van der Waals surface area contributed by atoms with Crippen LogP contribution < -0.4 is 10.6 Å². The largest absolute Gasteiger partial charge is 0.394 e. The van der Waals surface area contributed by atoms with Gasteiger partial charge in [-0.2, -0.15) is 0 Å². The van der Waals surface area contributed by atoms with Crippen LogP contribution in [0.15, 0.2) is 54.6 Å². The smallest absolute Gasteiger partial charge is 0.250 e. The van der Waals surface area contributed by atoms with Gasteiger partial charge in [0.15, 0.2) is 0 Å². The number of hydrogen-bond donors (Lipinski definition) is 3. The Kier molecular flexibility index (Phi) is 5.86. The van der Waals surface area contributed by atoms with Crippen molar-refractivity contribution in [1.82, 2.24) is 10.2 Å². The minimum Gasteiger partial charge on any atom is -0.394 e. The monoisotopic (exact) mass is 497 g/mol. The van der Waals surface area contributed by atoms with E-state index in [-0.39, 0.29) is 11.8 Å². The lowest BCUT2D eigenvalue weighted by atomic mass is 9.66. The number of halogens is 1. The number of carbonyl (C=O) groups is 3. The second-order valence-electron chi connectivity index (χ2n) is 9.67. The first-order chi connectivity index (χ1) is 16.8. The molecule has 0 radical (unpaired) electrons. The van der Waals surface area contributed by atoms with Crippen LogP contribution in [0.4, 0.5) is 5.69 Å². The van der Waals surface area contributed by atoms with Crippen molar-refractivity contribution < 1.29 is 24.2 Å². The molecule has 3 heterocycles. The average Bonchev–Trinajstić information content (AvgIpc) is 3.42. The van der Waals surface area contributed by atoms with Crippen molar-refractivity contribution in [2.45, 2.75) is 43.1 Å². The first-order valence-corrected chi connectivity index (χ1v) is 12.1. The second-order valence-corrected chi connectivity index (χ2v) is 10.1. The summed E-state index contributed by atoms with van der Waals surface area (Å²) in [6.07, 6.45) is 0.977. The molecule has 3 fully saturated rings. The van der Waals surface area contributed by atoms with Gasteiger partial charge in [0.05, 0.1) is 40.8 Å². The number of aliphatic hydroxyl groups excluding tert-OH is 1. The molecule has 6 atom stereocenters. The molecule has 2 aromatic carbocycles. The van der Waals surface area contributed by atoms with E-state index in [1.54, 1.807) is 36.4 Å². The van der Waals surface area contributed by atoms with Gasteiger partial charge in [-0.05, 0) is 37.5 Å². The number of para-hydroxylation sites is 1. The lowest BCUT2D eigenvalue weighted by molar-refractivity contribution is -0.148. The third kappa shape index (κ3) is 3.46. The van der Waals surface area contributed by atoms with Crippen LogP contribution in [0.5, 0.6) is 0 Å². The number of aliphatic hydroxyl groups is 1. The van der Waals surface area contributed by atoms with E-state index in [4.69, 9.17) is 16.3 Å². The van der Waals surface area contributed by atoms with Crippen molar-refractivity contribution in [2.24, 2.45) is 11.8 Å². The third-order valence-electron chi connectivity index (χ3n) is 7.82. The summed E-state index contributed by atoms with van der Waals surface area (Å²) >= 11 is 6.30. The zero-order valence-corrected chi connectivity index (χ0v) is 20.3. The fourth-order valence-corrected chi connectivity index (χ4v) is 6.53. The molecule has 2 bridgehead atoms. The summed E-state index contributed by atoms with van der Waals surface area (Å²) in [5.74, 6) is -2.72. The number of rotatable bonds is 6. The zero-order valence-electron chi connectivity index (χ0n) is 19.5. The molecule has 35 heavy (non-hydrogen) atoms. The topological polar surface area (TPSA) is 108 Å². The summed E-state index contributed by atoms with van der Waals surface area (Å²) in [4.78, 5) is 42.4. The Balaban J connectivity index is 1.63. The molecule has 9 heteroatoms. The van der Waals surface area contributed by atoms with Crippen molar-refractivity contribution in [2.75, 3.05) is 19.0 Å². The summed E-state index contributed by atoms with van der Waals surface area (Å²) in [5, 5.41) is 16.3. The predicted octanol–water partition coefficient (Wildman–Crippen LogP) is 2.52. The van der Waals surface area contributed by atoms with E-state index in [9.17, 15) is 19.5 Å². The Morgan fingerprint density at radius 1 is 1.14 bits per heavy atom. The van der Waals surface area contributed by atoms with Crippen molar-refractivity contribution in [3.05, 3.63) is 65.2 Å². The normalized spacial score (nSPS) is 31.8. The summed E-state index contributed by atoms with van der Waals surface area (Å²) in [6, 6.07) is 14.1. The van der Waals surface area contributed by atoms with E-state index in [0.717, 1.165) is 0 Å². The molecule has 0 aromatic heterocycles. The summed E-state index contributed by atoms with van der Waals surface area (Å²) in [7, 11) is 1.53. The van der Waals surface area contributed by atoms with Crippen molar-refractivity contribution >= 4 is 35.0 Å². The van der Waals surface area contributed by atoms with E-state index in [1.165, 1.54) is 11.9 Å². The van der Waals surface area contributed by atoms with Crippen LogP contribution in [0.3, 0.4) is 0 Å². The lowest BCUT2D eigenvalue weighted by Crippen LogP contribution is -2.54. The van der Waals surface area contributed by atoms with E-state index in [2.05, 4.69) is 10.6 Å². The number of ether oxygens (including phenoxy) is 1. The van der Waals surface area contributed by atoms with Gasteiger partial charge in [-0.1, -0.05) is 54.1 Å². The number of amides is 3. The van der Waals surface area contributed by atoms with Crippen LogP contribution in [0, 0.1) is 11.8 Å². The number of carbonyl (C=O) groups excluding carboxylic acids is 3. The summed E-state index contributed by atoms with van der Waals surface area (Å²) < 4.78 is 6.54. The number of benzene rings is 2.